The summed E-state index contributed by atoms with van der Waals surface area (Å²) in [5, 5.41) is 15.7. The monoisotopic (exact) mass is 332 g/mol. The highest BCUT2D eigenvalue weighted by Crippen LogP contribution is 2.17. The minimum Gasteiger partial charge on any atom is -0.390 e. The number of hydrogen-bond donors (Lipinski definition) is 2. The van der Waals surface area contributed by atoms with E-state index in [9.17, 15) is 9.90 Å². The normalized spacial score (nSPS) is 12.9. The average molecular weight is 332 g/mol. The number of hydrogen-bond acceptors (Lipinski definition) is 4. The van der Waals surface area contributed by atoms with Crippen molar-refractivity contribution in [3.63, 3.8) is 0 Å². The van der Waals surface area contributed by atoms with Crippen molar-refractivity contribution in [1.82, 2.24) is 10.3 Å². The highest BCUT2D eigenvalue weighted by atomic mass is 32.1. The molecule has 124 valence electrons. The molecule has 2 aromatic rings. The molecule has 0 aliphatic carbocycles. The second-order valence-corrected chi connectivity index (χ2v) is 7.56. The Bertz CT molecular complexity index is 656. The largest absolute Gasteiger partial charge is 0.390 e. The lowest BCUT2D eigenvalue weighted by Gasteiger charge is -2.16. The van der Waals surface area contributed by atoms with E-state index in [1.165, 1.54) is 0 Å². The molecule has 0 saturated heterocycles. The summed E-state index contributed by atoms with van der Waals surface area (Å²) < 4.78 is 0. The maximum atomic E-state index is 12.3. The van der Waals surface area contributed by atoms with Gasteiger partial charge in [-0.05, 0) is 58.2 Å². The topological polar surface area (TPSA) is 62.2 Å². The van der Waals surface area contributed by atoms with Gasteiger partial charge in [0.2, 0.25) is 0 Å². The first-order valence-corrected chi connectivity index (χ1v) is 8.67. The summed E-state index contributed by atoms with van der Waals surface area (Å²) >= 11 is 1.58. The van der Waals surface area contributed by atoms with Crippen molar-refractivity contribution in [2.45, 2.75) is 52.2 Å². The highest BCUT2D eigenvalue weighted by molar-refractivity contribution is 7.09. The first kappa shape index (κ1) is 17.6. The zero-order chi connectivity index (χ0) is 17.0. The average Bonchev–Trinajstić information content (AvgIpc) is 2.91. The van der Waals surface area contributed by atoms with Crippen LogP contribution in [0.25, 0.3) is 0 Å². The van der Waals surface area contributed by atoms with Gasteiger partial charge in [0, 0.05) is 10.9 Å². The third kappa shape index (κ3) is 5.44. The number of rotatable bonds is 6. The van der Waals surface area contributed by atoms with Crippen molar-refractivity contribution >= 4 is 17.2 Å². The first-order chi connectivity index (χ1) is 10.7. The third-order valence-electron chi connectivity index (χ3n) is 3.67. The van der Waals surface area contributed by atoms with Crippen molar-refractivity contribution in [1.29, 1.82) is 0 Å². The Kier molecular flexibility index (Phi) is 5.55. The number of carbonyl (C=O) groups excluding carboxylic acids is 1. The Balaban J connectivity index is 1.94. The van der Waals surface area contributed by atoms with E-state index in [1.54, 1.807) is 25.2 Å². The fourth-order valence-corrected chi connectivity index (χ4v) is 2.91. The first-order valence-electron chi connectivity index (χ1n) is 7.79. The van der Waals surface area contributed by atoms with Crippen molar-refractivity contribution in [2.75, 3.05) is 0 Å². The molecule has 1 amide bonds. The van der Waals surface area contributed by atoms with Gasteiger partial charge in [0.15, 0.2) is 0 Å². The zero-order valence-corrected chi connectivity index (χ0v) is 14.9. The Morgan fingerprint density at radius 3 is 2.52 bits per heavy atom. The van der Waals surface area contributed by atoms with E-state index >= 15 is 0 Å². The number of amides is 1. The van der Waals surface area contributed by atoms with Crippen LogP contribution in [0.5, 0.6) is 0 Å². The van der Waals surface area contributed by atoms with E-state index in [1.807, 2.05) is 43.5 Å². The second-order valence-electron chi connectivity index (χ2n) is 6.50. The predicted molar refractivity (Wildman–Crippen MR) is 93.8 cm³/mol. The molecule has 1 aromatic heterocycles. The van der Waals surface area contributed by atoms with Gasteiger partial charge in [-0.2, -0.15) is 0 Å². The Morgan fingerprint density at radius 2 is 2.00 bits per heavy atom. The van der Waals surface area contributed by atoms with Crippen LogP contribution in [0.15, 0.2) is 29.6 Å². The molecule has 0 radical (unpaired) electrons. The Labute approximate surface area is 141 Å². The molecule has 1 atom stereocenters. The van der Waals surface area contributed by atoms with Gasteiger partial charge in [0.05, 0.1) is 22.3 Å². The molecule has 0 bridgehead atoms. The summed E-state index contributed by atoms with van der Waals surface area (Å²) in [6.07, 6.45) is 1.48. The van der Waals surface area contributed by atoms with Gasteiger partial charge >= 0.3 is 0 Å². The third-order valence-corrected chi connectivity index (χ3v) is 4.46. The number of benzene rings is 1. The van der Waals surface area contributed by atoms with Gasteiger partial charge in [0.25, 0.3) is 5.91 Å². The van der Waals surface area contributed by atoms with Crippen LogP contribution >= 0.6 is 11.3 Å². The SMILES string of the molecule is Cc1nc([C@H](C)NC(=O)c2ccc(CCC(C)(C)O)cc2)cs1. The minimum atomic E-state index is -0.669. The van der Waals surface area contributed by atoms with E-state index < -0.39 is 5.60 Å². The Morgan fingerprint density at radius 1 is 1.35 bits per heavy atom. The summed E-state index contributed by atoms with van der Waals surface area (Å²) in [5.41, 5.74) is 1.97. The molecule has 23 heavy (non-hydrogen) atoms. The number of nitrogens with one attached hydrogen (secondary N) is 1. The zero-order valence-electron chi connectivity index (χ0n) is 14.1. The van der Waals surface area contributed by atoms with Gasteiger partial charge in [-0.1, -0.05) is 12.1 Å². The fraction of sp³-hybridized carbons (Fsp3) is 0.444. The van der Waals surface area contributed by atoms with E-state index in [2.05, 4.69) is 10.3 Å². The maximum Gasteiger partial charge on any atom is 0.251 e. The van der Waals surface area contributed by atoms with Gasteiger partial charge in [0.1, 0.15) is 0 Å². The Hall–Kier alpha value is -1.72. The van der Waals surface area contributed by atoms with Crippen LogP contribution in [-0.4, -0.2) is 21.6 Å². The quantitative estimate of drug-likeness (QED) is 0.849. The molecule has 0 fully saturated rings. The van der Waals surface area contributed by atoms with E-state index in [0.29, 0.717) is 12.0 Å². The van der Waals surface area contributed by atoms with Crippen LogP contribution in [0.3, 0.4) is 0 Å². The lowest BCUT2D eigenvalue weighted by atomic mass is 9.98. The smallest absolute Gasteiger partial charge is 0.251 e. The van der Waals surface area contributed by atoms with Crippen molar-refractivity contribution in [3.05, 3.63) is 51.5 Å². The molecule has 0 unspecified atom stereocenters. The summed E-state index contributed by atoms with van der Waals surface area (Å²) in [7, 11) is 0. The number of aromatic nitrogens is 1. The van der Waals surface area contributed by atoms with Crippen LogP contribution in [0.4, 0.5) is 0 Å². The van der Waals surface area contributed by atoms with Crippen LogP contribution in [-0.2, 0) is 6.42 Å². The molecule has 2 rings (SSSR count). The molecular formula is C18H24N2O2S. The lowest BCUT2D eigenvalue weighted by Crippen LogP contribution is -2.26. The van der Waals surface area contributed by atoms with Crippen molar-refractivity contribution in [2.24, 2.45) is 0 Å². The highest BCUT2D eigenvalue weighted by Gasteiger charge is 2.15. The number of nitrogens with zero attached hydrogens (tertiary/aromatic N) is 1. The second kappa shape index (κ2) is 7.23. The maximum absolute atomic E-state index is 12.3. The van der Waals surface area contributed by atoms with E-state index in [0.717, 1.165) is 22.7 Å². The van der Waals surface area contributed by atoms with Crippen LogP contribution in [0, 0.1) is 6.92 Å². The number of carbonyl (C=O) groups is 1. The summed E-state index contributed by atoms with van der Waals surface area (Å²) in [6, 6.07) is 7.43. The molecule has 5 heteroatoms. The number of aliphatic hydroxyl groups is 1. The fourth-order valence-electron chi connectivity index (χ4n) is 2.21. The van der Waals surface area contributed by atoms with Crippen LogP contribution < -0.4 is 5.32 Å². The van der Waals surface area contributed by atoms with Crippen molar-refractivity contribution in [3.8, 4) is 0 Å². The molecule has 1 heterocycles. The summed E-state index contributed by atoms with van der Waals surface area (Å²) in [6.45, 7) is 7.49. The molecular weight excluding hydrogens is 308 g/mol. The van der Waals surface area contributed by atoms with Crippen LogP contribution in [0.2, 0.25) is 0 Å². The molecule has 0 spiro atoms. The summed E-state index contributed by atoms with van der Waals surface area (Å²) in [5.74, 6) is -0.0998. The summed E-state index contributed by atoms with van der Waals surface area (Å²) in [4.78, 5) is 16.7. The molecule has 0 saturated carbocycles. The number of aryl methyl sites for hydroxylation is 2. The molecule has 4 nitrogen and oxygen atoms in total. The molecule has 0 aliphatic heterocycles. The number of thiazole rings is 1. The molecule has 0 aliphatic rings. The lowest BCUT2D eigenvalue weighted by molar-refractivity contribution is 0.0713. The minimum absolute atomic E-state index is 0.0998. The van der Waals surface area contributed by atoms with Gasteiger partial charge in [-0.3, -0.25) is 4.79 Å². The van der Waals surface area contributed by atoms with Gasteiger partial charge in [-0.25, -0.2) is 4.98 Å². The van der Waals surface area contributed by atoms with Gasteiger partial charge in [-0.15, -0.1) is 11.3 Å². The van der Waals surface area contributed by atoms with Gasteiger partial charge < -0.3 is 10.4 Å². The molecule has 2 N–H and O–H groups in total. The van der Waals surface area contributed by atoms with Crippen LogP contribution in [0.1, 0.15) is 59.9 Å². The molecule has 1 aromatic carbocycles. The predicted octanol–water partition coefficient (Wildman–Crippen LogP) is 3.65. The van der Waals surface area contributed by atoms with Crippen molar-refractivity contribution < 1.29 is 9.90 Å². The van der Waals surface area contributed by atoms with E-state index in [4.69, 9.17) is 0 Å². The van der Waals surface area contributed by atoms with E-state index in [-0.39, 0.29) is 11.9 Å². The standard InChI is InChI=1S/C18H24N2O2S/c1-12(16-11-23-13(2)20-16)19-17(21)15-7-5-14(6-8-15)9-10-18(3,4)22/h5-8,11-12,22H,9-10H2,1-4H3,(H,19,21)/t12-/m0/s1.